The number of methoxy groups -OCH3 is 2. The Morgan fingerprint density at radius 3 is 2.43 bits per heavy atom. The molecule has 3 aromatic carbocycles. The number of aliphatic imine (C=N–C) groups is 1. The number of ether oxygens (including phenoxy) is 3. The summed E-state index contributed by atoms with van der Waals surface area (Å²) in [7, 11) is 3.18. The van der Waals surface area contributed by atoms with Crippen LogP contribution in [-0.4, -0.2) is 36.7 Å². The highest BCUT2D eigenvalue weighted by Gasteiger charge is 2.32. The average Bonchev–Trinajstić information content (AvgIpc) is 3.18. The maximum Gasteiger partial charge on any atom is 0.266 e. The predicted molar refractivity (Wildman–Crippen MR) is 155 cm³/mol. The number of nitrogens with zero attached hydrogens (tertiary/aromatic N) is 2. The van der Waals surface area contributed by atoms with Gasteiger partial charge >= 0.3 is 0 Å². The first kappa shape index (κ1) is 27.4. The molecule has 0 unspecified atom stereocenters. The fraction of sp³-hybridized carbons (Fsp3) is 0.185. The second-order valence-electron chi connectivity index (χ2n) is 7.80. The second kappa shape index (κ2) is 12.3. The van der Waals surface area contributed by atoms with E-state index in [9.17, 15) is 4.79 Å². The van der Waals surface area contributed by atoms with Crippen molar-refractivity contribution in [2.24, 2.45) is 4.99 Å². The molecule has 0 N–H and O–H groups in total. The van der Waals surface area contributed by atoms with Crippen LogP contribution < -0.4 is 14.2 Å². The molecule has 0 aliphatic carbocycles. The van der Waals surface area contributed by atoms with Gasteiger partial charge in [-0.1, -0.05) is 45.2 Å². The zero-order chi connectivity index (χ0) is 26.5. The van der Waals surface area contributed by atoms with Crippen LogP contribution in [0.2, 0.25) is 10.0 Å². The topological polar surface area (TPSA) is 60.4 Å². The number of carbonyl (C=O) groups is 1. The third kappa shape index (κ3) is 6.44. The van der Waals surface area contributed by atoms with E-state index in [-0.39, 0.29) is 12.5 Å². The highest BCUT2D eigenvalue weighted by atomic mass is 79.9. The number of carbonyl (C=O) groups excluding carboxylic acids is 1. The van der Waals surface area contributed by atoms with Gasteiger partial charge in [-0.05, 0) is 78.9 Å². The largest absolute Gasteiger partial charge is 0.497 e. The van der Waals surface area contributed by atoms with Crippen molar-refractivity contribution in [1.29, 1.82) is 0 Å². The van der Waals surface area contributed by atoms with Crippen LogP contribution in [0.1, 0.15) is 18.1 Å². The maximum absolute atomic E-state index is 13.1. The minimum Gasteiger partial charge on any atom is -0.497 e. The molecule has 1 saturated heterocycles. The summed E-state index contributed by atoms with van der Waals surface area (Å²) in [5, 5.41) is 1.70. The molecular formula is C27H23BrCl2N2O4S. The summed E-state index contributed by atoms with van der Waals surface area (Å²) >= 11 is 17.2. The van der Waals surface area contributed by atoms with E-state index in [1.807, 2.05) is 55.5 Å². The molecular weight excluding hydrogens is 599 g/mol. The van der Waals surface area contributed by atoms with E-state index in [4.69, 9.17) is 37.4 Å². The lowest BCUT2D eigenvalue weighted by Gasteiger charge is -2.14. The van der Waals surface area contributed by atoms with E-state index in [1.165, 1.54) is 11.8 Å². The third-order valence-electron chi connectivity index (χ3n) is 5.47. The van der Waals surface area contributed by atoms with Gasteiger partial charge in [0, 0.05) is 26.6 Å². The normalized spacial score (nSPS) is 15.5. The lowest BCUT2D eigenvalue weighted by Crippen LogP contribution is -2.28. The van der Waals surface area contributed by atoms with Gasteiger partial charge in [-0.3, -0.25) is 9.69 Å². The Morgan fingerprint density at radius 1 is 1.03 bits per heavy atom. The first-order valence-electron chi connectivity index (χ1n) is 11.2. The van der Waals surface area contributed by atoms with E-state index in [1.54, 1.807) is 31.3 Å². The van der Waals surface area contributed by atoms with Gasteiger partial charge < -0.3 is 14.2 Å². The fourth-order valence-corrected chi connectivity index (χ4v) is 5.46. The van der Waals surface area contributed by atoms with E-state index < -0.39 is 0 Å². The number of hydrogen-bond acceptors (Lipinski definition) is 6. The summed E-state index contributed by atoms with van der Waals surface area (Å²) in [6.07, 6.45) is 1.82. The number of amides is 1. The summed E-state index contributed by atoms with van der Waals surface area (Å²) in [5.74, 6) is 1.69. The zero-order valence-corrected chi connectivity index (χ0v) is 24.2. The minimum atomic E-state index is -0.108. The summed E-state index contributed by atoms with van der Waals surface area (Å²) in [5.41, 5.74) is 2.30. The molecule has 4 rings (SSSR count). The number of rotatable bonds is 8. The second-order valence-corrected chi connectivity index (χ2v) is 10.5. The third-order valence-corrected chi connectivity index (χ3v) is 7.75. The van der Waals surface area contributed by atoms with Crippen LogP contribution in [0.25, 0.3) is 6.08 Å². The number of hydrogen-bond donors (Lipinski definition) is 0. The number of benzene rings is 3. The van der Waals surface area contributed by atoms with E-state index in [2.05, 4.69) is 20.9 Å². The van der Waals surface area contributed by atoms with Crippen molar-refractivity contribution in [3.63, 3.8) is 0 Å². The predicted octanol–water partition coefficient (Wildman–Crippen LogP) is 7.98. The Hall–Kier alpha value is -2.65. The first-order valence-corrected chi connectivity index (χ1v) is 13.6. The molecule has 0 aromatic heterocycles. The lowest BCUT2D eigenvalue weighted by molar-refractivity contribution is -0.122. The van der Waals surface area contributed by atoms with Crippen molar-refractivity contribution in [1.82, 2.24) is 4.90 Å². The Balaban J connectivity index is 1.58. The monoisotopic (exact) mass is 620 g/mol. The molecule has 1 fully saturated rings. The summed E-state index contributed by atoms with van der Waals surface area (Å²) in [6, 6.07) is 16.3. The molecule has 0 saturated carbocycles. The first-order chi connectivity index (χ1) is 17.8. The molecule has 6 nitrogen and oxygen atoms in total. The molecule has 1 heterocycles. The van der Waals surface area contributed by atoms with Crippen molar-refractivity contribution in [3.05, 3.63) is 85.1 Å². The Bertz CT molecular complexity index is 1380. The van der Waals surface area contributed by atoms with Crippen molar-refractivity contribution < 1.29 is 19.0 Å². The van der Waals surface area contributed by atoms with Crippen LogP contribution in [0.15, 0.2) is 69.0 Å². The van der Waals surface area contributed by atoms with Crippen LogP contribution in [0.4, 0.5) is 5.69 Å². The molecule has 1 aliphatic heterocycles. The van der Waals surface area contributed by atoms with Gasteiger partial charge in [0.1, 0.15) is 12.4 Å². The van der Waals surface area contributed by atoms with Gasteiger partial charge in [0.25, 0.3) is 5.91 Å². The summed E-state index contributed by atoms with van der Waals surface area (Å²) in [4.78, 5) is 20.0. The fourth-order valence-electron chi connectivity index (χ4n) is 3.51. The molecule has 3 aromatic rings. The molecule has 192 valence electrons. The Morgan fingerprint density at radius 2 is 1.78 bits per heavy atom. The molecule has 1 amide bonds. The highest BCUT2D eigenvalue weighted by molar-refractivity contribution is 9.10. The summed E-state index contributed by atoms with van der Waals surface area (Å²) < 4.78 is 17.5. The van der Waals surface area contributed by atoms with Crippen molar-refractivity contribution in [2.45, 2.75) is 13.5 Å². The van der Waals surface area contributed by atoms with Crippen LogP contribution in [0, 0.1) is 0 Å². The molecule has 0 bridgehead atoms. The van der Waals surface area contributed by atoms with Crippen LogP contribution in [0.3, 0.4) is 0 Å². The minimum absolute atomic E-state index is 0.108. The number of halogens is 3. The Labute approximate surface area is 238 Å². The van der Waals surface area contributed by atoms with Gasteiger partial charge in [0.2, 0.25) is 0 Å². The maximum atomic E-state index is 13.1. The van der Waals surface area contributed by atoms with Crippen LogP contribution >= 0.6 is 50.9 Å². The zero-order valence-electron chi connectivity index (χ0n) is 20.3. The van der Waals surface area contributed by atoms with Gasteiger partial charge in [-0.25, -0.2) is 4.99 Å². The van der Waals surface area contributed by atoms with Crippen molar-refractivity contribution in [3.8, 4) is 17.2 Å². The highest BCUT2D eigenvalue weighted by Crippen LogP contribution is 2.39. The molecule has 0 atom stereocenters. The quantitative estimate of drug-likeness (QED) is 0.239. The number of amidine groups is 1. The van der Waals surface area contributed by atoms with E-state index in [0.717, 1.165) is 27.0 Å². The standard InChI is InChI=1S/C27H23BrCl2N2O4S/c1-4-32-26(33)25(37-27(32)31-19-7-9-20(34-2)10-8-19)12-17-11-23(35-3)24(14-21(17)28)36-15-16-5-6-18(29)13-22(16)30/h5-14H,4,15H2,1-3H3/b25-12+,31-27?. The van der Waals surface area contributed by atoms with Gasteiger partial charge in [-0.15, -0.1) is 0 Å². The molecule has 0 spiro atoms. The molecule has 1 aliphatic rings. The van der Waals surface area contributed by atoms with Gasteiger partial charge in [0.15, 0.2) is 16.7 Å². The van der Waals surface area contributed by atoms with E-state index >= 15 is 0 Å². The molecule has 10 heteroatoms. The molecule has 0 radical (unpaired) electrons. The van der Waals surface area contributed by atoms with Crippen LogP contribution in [0.5, 0.6) is 17.2 Å². The lowest BCUT2D eigenvalue weighted by atomic mass is 10.1. The van der Waals surface area contributed by atoms with E-state index in [0.29, 0.717) is 38.2 Å². The smallest absolute Gasteiger partial charge is 0.266 e. The van der Waals surface area contributed by atoms with Crippen LogP contribution in [-0.2, 0) is 11.4 Å². The van der Waals surface area contributed by atoms with Gasteiger partial charge in [-0.2, -0.15) is 0 Å². The number of likely N-dealkylation sites (N-methyl/N-ethyl adjacent to an activating group) is 1. The molecule has 37 heavy (non-hydrogen) atoms. The Kier molecular flexibility index (Phi) is 9.08. The number of thioether (sulfide) groups is 1. The van der Waals surface area contributed by atoms with Crippen molar-refractivity contribution in [2.75, 3.05) is 20.8 Å². The average molecular weight is 622 g/mol. The SMILES string of the molecule is CCN1C(=O)/C(=C\c2cc(OC)c(OCc3ccc(Cl)cc3Cl)cc2Br)SC1=Nc1ccc(OC)cc1. The summed E-state index contributed by atoms with van der Waals surface area (Å²) in [6.45, 7) is 2.66. The van der Waals surface area contributed by atoms with Crippen molar-refractivity contribution >= 4 is 73.7 Å². The van der Waals surface area contributed by atoms with Gasteiger partial charge in [0.05, 0.1) is 24.8 Å².